The van der Waals surface area contributed by atoms with Gasteiger partial charge in [0.25, 0.3) is 5.91 Å². The molecular formula is C24H31N3O4. The quantitative estimate of drug-likeness (QED) is 0.752. The number of aromatic nitrogens is 1. The van der Waals surface area contributed by atoms with Crippen LogP contribution in [0.4, 0.5) is 4.79 Å². The summed E-state index contributed by atoms with van der Waals surface area (Å²) in [5.74, 6) is 1.20. The van der Waals surface area contributed by atoms with Crippen LogP contribution in [-0.4, -0.2) is 40.7 Å². The van der Waals surface area contributed by atoms with Crippen LogP contribution >= 0.6 is 0 Å². The number of hydrogen-bond acceptors (Lipinski definition) is 5. The third-order valence-corrected chi connectivity index (χ3v) is 5.85. The monoisotopic (exact) mass is 425 g/mol. The molecule has 1 unspecified atom stereocenters. The first-order valence-corrected chi connectivity index (χ1v) is 11.1. The molecule has 7 heteroatoms. The molecular weight excluding hydrogens is 394 g/mol. The summed E-state index contributed by atoms with van der Waals surface area (Å²) in [5, 5.41) is 7.16. The van der Waals surface area contributed by atoms with E-state index < -0.39 is 5.60 Å². The number of benzene rings is 1. The standard InChI is InChI=1S/C24H31N3O4/c1-24(2,3)30-23(29)27-13-11-18(12-14-27)21(17-7-5-4-6-8-17)25-22(28)19-15-20(31-26-19)16-9-10-16/h4-8,15-16,18,21H,9-14H2,1-3H3,(H,25,28). The first-order valence-electron chi connectivity index (χ1n) is 11.1. The Labute approximate surface area is 183 Å². The second-order valence-electron chi connectivity index (χ2n) is 9.56. The summed E-state index contributed by atoms with van der Waals surface area (Å²) in [5.41, 5.74) is 0.872. The molecule has 1 aliphatic carbocycles. The van der Waals surface area contributed by atoms with Crippen LogP contribution in [0.2, 0.25) is 0 Å². The molecule has 4 rings (SSSR count). The summed E-state index contributed by atoms with van der Waals surface area (Å²) in [7, 11) is 0. The van der Waals surface area contributed by atoms with Gasteiger partial charge in [-0.1, -0.05) is 35.5 Å². The molecule has 7 nitrogen and oxygen atoms in total. The molecule has 2 aromatic rings. The molecule has 2 heterocycles. The van der Waals surface area contributed by atoms with Crippen molar-refractivity contribution in [2.24, 2.45) is 5.92 Å². The van der Waals surface area contributed by atoms with Gasteiger partial charge in [0.2, 0.25) is 0 Å². The molecule has 1 saturated carbocycles. The fraction of sp³-hybridized carbons (Fsp3) is 0.542. The Balaban J connectivity index is 1.43. The Bertz CT molecular complexity index is 906. The Morgan fingerprint density at radius 1 is 1.13 bits per heavy atom. The van der Waals surface area contributed by atoms with Crippen LogP contribution < -0.4 is 5.32 Å². The molecule has 2 fully saturated rings. The molecule has 1 aliphatic heterocycles. The van der Waals surface area contributed by atoms with Gasteiger partial charge in [-0.25, -0.2) is 4.79 Å². The first kappa shape index (κ1) is 21.4. The predicted octanol–water partition coefficient (Wildman–Crippen LogP) is 4.67. The fourth-order valence-electron chi connectivity index (χ4n) is 4.05. The first-order chi connectivity index (χ1) is 14.8. The molecule has 0 radical (unpaired) electrons. The van der Waals surface area contributed by atoms with Crippen molar-refractivity contribution in [2.45, 2.75) is 64.0 Å². The normalized spacial score (nSPS) is 18.5. The van der Waals surface area contributed by atoms with Gasteiger partial charge in [0.1, 0.15) is 11.4 Å². The molecule has 1 N–H and O–H groups in total. The van der Waals surface area contributed by atoms with E-state index in [4.69, 9.17) is 9.26 Å². The maximum Gasteiger partial charge on any atom is 0.410 e. The van der Waals surface area contributed by atoms with Gasteiger partial charge in [0, 0.05) is 25.1 Å². The summed E-state index contributed by atoms with van der Waals surface area (Å²) in [4.78, 5) is 27.1. The van der Waals surface area contributed by atoms with Crippen LogP contribution in [-0.2, 0) is 4.74 Å². The Kier molecular flexibility index (Phi) is 6.03. The van der Waals surface area contributed by atoms with Gasteiger partial charge < -0.3 is 19.5 Å². The van der Waals surface area contributed by atoms with Gasteiger partial charge in [0.15, 0.2) is 5.69 Å². The van der Waals surface area contributed by atoms with Crippen molar-refractivity contribution in [2.75, 3.05) is 13.1 Å². The van der Waals surface area contributed by atoms with E-state index in [0.29, 0.717) is 24.7 Å². The van der Waals surface area contributed by atoms with Gasteiger partial charge in [-0.05, 0) is 57.9 Å². The van der Waals surface area contributed by atoms with E-state index in [-0.39, 0.29) is 24.0 Å². The summed E-state index contributed by atoms with van der Waals surface area (Å²) in [6, 6.07) is 11.6. The van der Waals surface area contributed by atoms with E-state index >= 15 is 0 Å². The van der Waals surface area contributed by atoms with Crippen molar-refractivity contribution < 1.29 is 18.8 Å². The van der Waals surface area contributed by atoms with Gasteiger partial charge in [-0.15, -0.1) is 0 Å². The number of ether oxygens (including phenoxy) is 1. The number of carbonyl (C=O) groups excluding carboxylic acids is 2. The predicted molar refractivity (Wildman–Crippen MR) is 116 cm³/mol. The minimum absolute atomic E-state index is 0.157. The van der Waals surface area contributed by atoms with Gasteiger partial charge in [-0.2, -0.15) is 0 Å². The van der Waals surface area contributed by atoms with Crippen LogP contribution in [0.3, 0.4) is 0 Å². The molecule has 1 aromatic heterocycles. The SMILES string of the molecule is CC(C)(C)OC(=O)N1CCC(C(NC(=O)c2cc(C3CC3)on2)c2ccccc2)CC1. The average molecular weight is 426 g/mol. The van der Waals surface area contributed by atoms with Crippen molar-refractivity contribution >= 4 is 12.0 Å². The highest BCUT2D eigenvalue weighted by Gasteiger charge is 2.33. The van der Waals surface area contributed by atoms with E-state index in [9.17, 15) is 9.59 Å². The van der Waals surface area contributed by atoms with E-state index in [0.717, 1.165) is 37.0 Å². The van der Waals surface area contributed by atoms with Crippen molar-refractivity contribution in [3.05, 3.63) is 53.4 Å². The lowest BCUT2D eigenvalue weighted by molar-refractivity contribution is 0.0167. The third-order valence-electron chi connectivity index (χ3n) is 5.85. The summed E-state index contributed by atoms with van der Waals surface area (Å²) in [6.45, 7) is 6.83. The minimum atomic E-state index is -0.509. The number of hydrogen-bond donors (Lipinski definition) is 1. The highest BCUT2D eigenvalue weighted by molar-refractivity contribution is 5.92. The van der Waals surface area contributed by atoms with Crippen molar-refractivity contribution in [1.29, 1.82) is 0 Å². The number of piperidine rings is 1. The minimum Gasteiger partial charge on any atom is -0.444 e. The molecule has 166 valence electrons. The maximum absolute atomic E-state index is 12.9. The summed E-state index contributed by atoms with van der Waals surface area (Å²) < 4.78 is 10.9. The van der Waals surface area contributed by atoms with Crippen LogP contribution in [0.25, 0.3) is 0 Å². The van der Waals surface area contributed by atoms with Crippen molar-refractivity contribution in [1.82, 2.24) is 15.4 Å². The Morgan fingerprint density at radius 3 is 2.42 bits per heavy atom. The third kappa shape index (κ3) is 5.46. The second kappa shape index (κ2) is 8.73. The zero-order chi connectivity index (χ0) is 22.0. The van der Waals surface area contributed by atoms with E-state index in [1.807, 2.05) is 51.1 Å². The van der Waals surface area contributed by atoms with Crippen molar-refractivity contribution in [3.8, 4) is 0 Å². The Morgan fingerprint density at radius 2 is 1.81 bits per heavy atom. The van der Waals surface area contributed by atoms with Crippen LogP contribution in [0, 0.1) is 5.92 Å². The highest BCUT2D eigenvalue weighted by Crippen LogP contribution is 2.40. The van der Waals surface area contributed by atoms with E-state index in [2.05, 4.69) is 10.5 Å². The molecule has 0 spiro atoms. The molecule has 2 amide bonds. The number of nitrogens with one attached hydrogen (secondary N) is 1. The average Bonchev–Trinajstić information content (AvgIpc) is 3.48. The molecule has 2 aliphatic rings. The number of amides is 2. The van der Waals surface area contributed by atoms with Crippen LogP contribution in [0.5, 0.6) is 0 Å². The van der Waals surface area contributed by atoms with Gasteiger partial charge in [0.05, 0.1) is 6.04 Å². The molecule has 1 aromatic carbocycles. The lowest BCUT2D eigenvalue weighted by Crippen LogP contribution is -2.44. The summed E-state index contributed by atoms with van der Waals surface area (Å²) in [6.07, 6.45) is 3.48. The van der Waals surface area contributed by atoms with Crippen LogP contribution in [0.1, 0.15) is 80.2 Å². The maximum atomic E-state index is 12.9. The Hall–Kier alpha value is -2.83. The number of likely N-dealkylation sites (tertiary alicyclic amines) is 1. The topological polar surface area (TPSA) is 84.7 Å². The molecule has 1 saturated heterocycles. The van der Waals surface area contributed by atoms with Crippen LogP contribution in [0.15, 0.2) is 40.9 Å². The van der Waals surface area contributed by atoms with Gasteiger partial charge >= 0.3 is 6.09 Å². The van der Waals surface area contributed by atoms with Crippen molar-refractivity contribution in [3.63, 3.8) is 0 Å². The second-order valence-corrected chi connectivity index (χ2v) is 9.56. The number of carbonyl (C=O) groups is 2. The molecule has 31 heavy (non-hydrogen) atoms. The highest BCUT2D eigenvalue weighted by atomic mass is 16.6. The zero-order valence-electron chi connectivity index (χ0n) is 18.5. The fourth-order valence-corrected chi connectivity index (χ4v) is 4.05. The smallest absolute Gasteiger partial charge is 0.410 e. The number of nitrogens with zero attached hydrogens (tertiary/aromatic N) is 2. The lowest BCUT2D eigenvalue weighted by atomic mass is 9.85. The zero-order valence-corrected chi connectivity index (χ0v) is 18.5. The number of rotatable bonds is 5. The lowest BCUT2D eigenvalue weighted by Gasteiger charge is -2.37. The van der Waals surface area contributed by atoms with Gasteiger partial charge in [-0.3, -0.25) is 4.79 Å². The molecule has 0 bridgehead atoms. The molecule has 1 atom stereocenters. The van der Waals surface area contributed by atoms with E-state index in [1.54, 1.807) is 11.0 Å². The largest absolute Gasteiger partial charge is 0.444 e. The van der Waals surface area contributed by atoms with E-state index in [1.165, 1.54) is 0 Å². The summed E-state index contributed by atoms with van der Waals surface area (Å²) >= 11 is 0.